The third-order valence-corrected chi connectivity index (χ3v) is 5.54. The summed E-state index contributed by atoms with van der Waals surface area (Å²) in [7, 11) is 0. The van der Waals surface area contributed by atoms with Gasteiger partial charge in [-0.15, -0.1) is 0 Å². The Hall–Kier alpha value is -3.97. The van der Waals surface area contributed by atoms with Gasteiger partial charge >= 0.3 is 0 Å². The first kappa shape index (κ1) is 19.0. The molecule has 0 bridgehead atoms. The molecule has 5 rings (SSSR count). The Morgan fingerprint density at radius 3 is 1.52 bits per heavy atom. The third kappa shape index (κ3) is 4.17. The largest absolute Gasteiger partial charge is 0.253 e. The molecule has 0 saturated carbocycles. The minimum Gasteiger partial charge on any atom is -0.253 e. The molecule has 1 heteroatoms. The highest BCUT2D eigenvalue weighted by Crippen LogP contribution is 2.30. The zero-order chi connectivity index (χ0) is 21.0. The number of aryl methyl sites for hydroxylation is 1. The second kappa shape index (κ2) is 8.41. The first-order valence-corrected chi connectivity index (χ1v) is 10.6. The van der Waals surface area contributed by atoms with Crippen molar-refractivity contribution in [2.75, 3.05) is 0 Å². The highest BCUT2D eigenvalue weighted by atomic mass is 14.7. The number of hydrogen-bond acceptors (Lipinski definition) is 1. The molecule has 0 aliphatic rings. The highest BCUT2D eigenvalue weighted by molar-refractivity contribution is 5.76. The fourth-order valence-corrected chi connectivity index (χ4v) is 3.96. The van der Waals surface area contributed by atoms with Gasteiger partial charge in [-0.3, -0.25) is 4.98 Å². The summed E-state index contributed by atoms with van der Waals surface area (Å²) in [4.78, 5) is 4.83. The molecule has 4 aromatic carbocycles. The smallest absolute Gasteiger partial charge is 0.0711 e. The summed E-state index contributed by atoms with van der Waals surface area (Å²) < 4.78 is 0. The maximum Gasteiger partial charge on any atom is 0.0711 e. The van der Waals surface area contributed by atoms with Crippen LogP contribution in [-0.4, -0.2) is 4.98 Å². The number of rotatable bonds is 4. The molecule has 148 valence electrons. The fraction of sp³-hybridized carbons (Fsp3) is 0.0333. The van der Waals surface area contributed by atoms with Crippen LogP contribution in [-0.2, 0) is 0 Å². The predicted octanol–water partition coefficient (Wildman–Crippen LogP) is 8.06. The summed E-state index contributed by atoms with van der Waals surface area (Å²) in [5, 5.41) is 0. The van der Waals surface area contributed by atoms with Crippen LogP contribution in [0, 0.1) is 6.92 Å². The lowest BCUT2D eigenvalue weighted by Crippen LogP contribution is -1.90. The minimum absolute atomic E-state index is 1.000. The Balaban J connectivity index is 1.50. The topological polar surface area (TPSA) is 12.9 Å². The van der Waals surface area contributed by atoms with Crippen molar-refractivity contribution in [1.29, 1.82) is 0 Å². The van der Waals surface area contributed by atoms with E-state index in [1.54, 1.807) is 0 Å². The van der Waals surface area contributed by atoms with E-state index in [0.717, 1.165) is 17.0 Å². The van der Waals surface area contributed by atoms with Gasteiger partial charge in [-0.1, -0.05) is 103 Å². The first-order chi connectivity index (χ1) is 15.3. The van der Waals surface area contributed by atoms with E-state index in [9.17, 15) is 0 Å². The van der Waals surface area contributed by atoms with E-state index >= 15 is 0 Å². The molecule has 0 radical (unpaired) electrons. The first-order valence-electron chi connectivity index (χ1n) is 10.6. The van der Waals surface area contributed by atoms with E-state index in [1.165, 1.54) is 33.4 Å². The van der Waals surface area contributed by atoms with E-state index in [-0.39, 0.29) is 0 Å². The summed E-state index contributed by atoms with van der Waals surface area (Å²) in [6.45, 7) is 2.06. The number of aromatic nitrogens is 1. The van der Waals surface area contributed by atoms with Crippen molar-refractivity contribution in [1.82, 2.24) is 4.98 Å². The summed E-state index contributed by atoms with van der Waals surface area (Å²) in [5.41, 5.74) is 10.4. The van der Waals surface area contributed by atoms with Crippen molar-refractivity contribution in [2.24, 2.45) is 0 Å². The highest BCUT2D eigenvalue weighted by Gasteiger charge is 2.07. The molecule has 0 spiro atoms. The quantitative estimate of drug-likeness (QED) is 0.299. The average Bonchev–Trinajstić information content (AvgIpc) is 2.85. The van der Waals surface area contributed by atoms with Crippen LogP contribution in [0.4, 0.5) is 0 Å². The van der Waals surface area contributed by atoms with Crippen LogP contribution in [0.3, 0.4) is 0 Å². The Labute approximate surface area is 183 Å². The molecule has 0 aliphatic heterocycles. The molecule has 5 aromatic rings. The van der Waals surface area contributed by atoms with Gasteiger partial charge in [0.05, 0.1) is 5.69 Å². The summed E-state index contributed by atoms with van der Waals surface area (Å²) in [6.07, 6.45) is 0. The number of nitrogens with zero attached hydrogens (tertiary/aromatic N) is 1. The van der Waals surface area contributed by atoms with Crippen molar-refractivity contribution in [3.05, 3.63) is 127 Å². The monoisotopic (exact) mass is 397 g/mol. The fourth-order valence-electron chi connectivity index (χ4n) is 3.96. The van der Waals surface area contributed by atoms with Crippen LogP contribution < -0.4 is 0 Å². The van der Waals surface area contributed by atoms with E-state index in [4.69, 9.17) is 4.98 Å². The molecule has 0 saturated heterocycles. The van der Waals surface area contributed by atoms with Crippen molar-refractivity contribution >= 4 is 0 Å². The van der Waals surface area contributed by atoms with Crippen LogP contribution in [0.25, 0.3) is 44.6 Å². The standard InChI is InChI=1S/C30H23N/c1-22-19-29(26-17-15-25(16-18-26)23-9-4-2-5-10-23)21-30(31-22)28-14-8-13-27(20-28)24-11-6-3-7-12-24/h2-21H,1H3. The summed E-state index contributed by atoms with van der Waals surface area (Å²) in [6, 6.07) is 42.7. The van der Waals surface area contributed by atoms with Crippen LogP contribution >= 0.6 is 0 Å². The molecule has 0 fully saturated rings. The van der Waals surface area contributed by atoms with Gasteiger partial charge < -0.3 is 0 Å². The molecule has 1 nitrogen and oxygen atoms in total. The van der Waals surface area contributed by atoms with Crippen molar-refractivity contribution in [2.45, 2.75) is 6.92 Å². The molecule has 1 aromatic heterocycles. The van der Waals surface area contributed by atoms with Gasteiger partial charge in [0.2, 0.25) is 0 Å². The molecule has 0 N–H and O–H groups in total. The van der Waals surface area contributed by atoms with Crippen LogP contribution in [0.15, 0.2) is 121 Å². The van der Waals surface area contributed by atoms with E-state index < -0.39 is 0 Å². The molecule has 0 unspecified atom stereocenters. The summed E-state index contributed by atoms with van der Waals surface area (Å²) in [5.74, 6) is 0. The molecule has 0 atom stereocenters. The number of hydrogen-bond donors (Lipinski definition) is 0. The second-order valence-electron chi connectivity index (χ2n) is 7.77. The SMILES string of the molecule is Cc1cc(-c2ccc(-c3ccccc3)cc2)cc(-c2cccc(-c3ccccc3)c2)n1. The van der Waals surface area contributed by atoms with E-state index in [0.29, 0.717) is 0 Å². The third-order valence-electron chi connectivity index (χ3n) is 5.54. The van der Waals surface area contributed by atoms with Gasteiger partial charge in [-0.05, 0) is 58.5 Å². The Bertz CT molecular complexity index is 1300. The van der Waals surface area contributed by atoms with E-state index in [1.807, 2.05) is 12.1 Å². The molecule has 31 heavy (non-hydrogen) atoms. The lowest BCUT2D eigenvalue weighted by molar-refractivity contribution is 1.21. The second-order valence-corrected chi connectivity index (χ2v) is 7.77. The Kier molecular flexibility index (Phi) is 5.16. The van der Waals surface area contributed by atoms with Gasteiger partial charge in [0.15, 0.2) is 0 Å². The average molecular weight is 398 g/mol. The zero-order valence-corrected chi connectivity index (χ0v) is 17.5. The lowest BCUT2D eigenvalue weighted by Gasteiger charge is -2.10. The minimum atomic E-state index is 1.000. The number of benzene rings is 4. The van der Waals surface area contributed by atoms with Gasteiger partial charge in [0, 0.05) is 11.3 Å². The molecule has 0 aliphatic carbocycles. The molecule has 0 amide bonds. The molecular formula is C30H23N. The molecule has 1 heterocycles. The van der Waals surface area contributed by atoms with Crippen molar-refractivity contribution in [3.8, 4) is 44.6 Å². The van der Waals surface area contributed by atoms with Gasteiger partial charge in [-0.25, -0.2) is 0 Å². The van der Waals surface area contributed by atoms with Crippen molar-refractivity contribution in [3.63, 3.8) is 0 Å². The summed E-state index contributed by atoms with van der Waals surface area (Å²) >= 11 is 0. The van der Waals surface area contributed by atoms with Crippen molar-refractivity contribution < 1.29 is 0 Å². The van der Waals surface area contributed by atoms with Crippen LogP contribution in [0.5, 0.6) is 0 Å². The zero-order valence-electron chi connectivity index (χ0n) is 17.5. The number of pyridine rings is 1. The maximum absolute atomic E-state index is 4.83. The Morgan fingerprint density at radius 2 is 0.871 bits per heavy atom. The van der Waals surface area contributed by atoms with E-state index in [2.05, 4.69) is 116 Å². The normalized spacial score (nSPS) is 10.7. The Morgan fingerprint density at radius 1 is 0.387 bits per heavy atom. The van der Waals surface area contributed by atoms with Crippen LogP contribution in [0.2, 0.25) is 0 Å². The maximum atomic E-state index is 4.83. The lowest BCUT2D eigenvalue weighted by atomic mass is 9.97. The van der Waals surface area contributed by atoms with Gasteiger partial charge in [0.25, 0.3) is 0 Å². The van der Waals surface area contributed by atoms with Gasteiger partial charge in [0.1, 0.15) is 0 Å². The van der Waals surface area contributed by atoms with Gasteiger partial charge in [-0.2, -0.15) is 0 Å². The van der Waals surface area contributed by atoms with Crippen LogP contribution in [0.1, 0.15) is 5.69 Å². The predicted molar refractivity (Wildman–Crippen MR) is 131 cm³/mol. The molecular weight excluding hydrogens is 374 g/mol.